The van der Waals surface area contributed by atoms with Crippen LogP contribution in [0, 0.1) is 17.5 Å². The Bertz CT molecular complexity index is 581. The first-order valence-corrected chi connectivity index (χ1v) is 5.81. The molecular weight excluding hydrogens is 255 g/mol. The molecule has 0 radical (unpaired) electrons. The van der Waals surface area contributed by atoms with Crippen LogP contribution in [0.1, 0.15) is 17.4 Å². The van der Waals surface area contributed by atoms with Gasteiger partial charge in [0.1, 0.15) is 5.82 Å². The minimum Gasteiger partial charge on any atom is -0.338 e. The summed E-state index contributed by atoms with van der Waals surface area (Å²) in [5, 5.41) is 2.89. The molecule has 1 aromatic heterocycles. The smallest absolute Gasteiger partial charge is 0.194 e. The molecule has 0 spiro atoms. The highest BCUT2D eigenvalue weighted by atomic mass is 19.2. The molecule has 6 heteroatoms. The fourth-order valence-corrected chi connectivity index (χ4v) is 1.95. The van der Waals surface area contributed by atoms with Crippen molar-refractivity contribution >= 4 is 0 Å². The molecule has 0 saturated heterocycles. The van der Waals surface area contributed by atoms with Crippen molar-refractivity contribution in [3.05, 3.63) is 53.4 Å². The fraction of sp³-hybridized carbons (Fsp3) is 0.308. The normalized spacial score (nSPS) is 12.7. The van der Waals surface area contributed by atoms with Crippen LogP contribution in [0.5, 0.6) is 0 Å². The van der Waals surface area contributed by atoms with Crippen LogP contribution in [0.3, 0.4) is 0 Å². The van der Waals surface area contributed by atoms with Crippen molar-refractivity contribution in [1.29, 1.82) is 0 Å². The Morgan fingerprint density at radius 1 is 1.26 bits per heavy atom. The Kier molecular flexibility index (Phi) is 3.90. The molecule has 1 atom stereocenters. The lowest BCUT2D eigenvalue weighted by Crippen LogP contribution is -2.22. The van der Waals surface area contributed by atoms with Crippen LogP contribution in [-0.4, -0.2) is 16.6 Å². The number of aromatic nitrogens is 2. The summed E-state index contributed by atoms with van der Waals surface area (Å²) >= 11 is 0. The second kappa shape index (κ2) is 5.44. The molecule has 0 fully saturated rings. The number of hydrogen-bond donors (Lipinski definition) is 1. The van der Waals surface area contributed by atoms with Crippen LogP contribution in [0.15, 0.2) is 24.5 Å². The number of likely N-dealkylation sites (N-methyl/N-ethyl adjacent to an activating group) is 1. The second-order valence-electron chi connectivity index (χ2n) is 4.26. The third-order valence-corrected chi connectivity index (χ3v) is 3.10. The summed E-state index contributed by atoms with van der Waals surface area (Å²) in [5.74, 6) is -3.07. The van der Waals surface area contributed by atoms with Crippen molar-refractivity contribution < 1.29 is 13.2 Å². The lowest BCUT2D eigenvalue weighted by atomic mass is 10.0. The molecule has 0 saturated carbocycles. The van der Waals surface area contributed by atoms with Gasteiger partial charge in [-0.05, 0) is 13.1 Å². The van der Waals surface area contributed by atoms with E-state index in [2.05, 4.69) is 10.3 Å². The van der Waals surface area contributed by atoms with E-state index in [4.69, 9.17) is 0 Å². The van der Waals surface area contributed by atoms with Gasteiger partial charge in [-0.25, -0.2) is 18.2 Å². The summed E-state index contributed by atoms with van der Waals surface area (Å²) in [5.41, 5.74) is 0.0874. The Labute approximate surface area is 109 Å². The highest BCUT2D eigenvalue weighted by molar-refractivity contribution is 5.24. The van der Waals surface area contributed by atoms with E-state index in [0.29, 0.717) is 6.42 Å². The number of halogens is 3. The predicted molar refractivity (Wildman–Crippen MR) is 65.0 cm³/mol. The van der Waals surface area contributed by atoms with Crippen molar-refractivity contribution in [2.45, 2.75) is 12.5 Å². The Morgan fingerprint density at radius 2 is 2.00 bits per heavy atom. The van der Waals surface area contributed by atoms with Gasteiger partial charge in [0.2, 0.25) is 0 Å². The Morgan fingerprint density at radius 3 is 2.58 bits per heavy atom. The van der Waals surface area contributed by atoms with Crippen molar-refractivity contribution in [3.63, 3.8) is 0 Å². The Balaban J connectivity index is 2.33. The number of rotatable bonds is 4. The van der Waals surface area contributed by atoms with Crippen molar-refractivity contribution in [2.75, 3.05) is 7.05 Å². The van der Waals surface area contributed by atoms with E-state index < -0.39 is 23.5 Å². The predicted octanol–water partition coefficient (Wildman–Crippen LogP) is 2.34. The molecule has 2 aromatic rings. The number of aryl methyl sites for hydroxylation is 1. The van der Waals surface area contributed by atoms with Gasteiger partial charge in [0, 0.05) is 37.5 Å². The molecule has 0 aliphatic heterocycles. The number of benzene rings is 1. The topological polar surface area (TPSA) is 29.9 Å². The van der Waals surface area contributed by atoms with Gasteiger partial charge in [-0.3, -0.25) is 0 Å². The van der Waals surface area contributed by atoms with E-state index in [1.807, 2.05) is 7.05 Å². The van der Waals surface area contributed by atoms with Gasteiger partial charge in [0.05, 0.1) is 0 Å². The molecule has 1 aromatic carbocycles. The molecule has 1 N–H and O–H groups in total. The van der Waals surface area contributed by atoms with Crippen molar-refractivity contribution in [3.8, 4) is 0 Å². The molecule has 0 aliphatic carbocycles. The average Bonchev–Trinajstić information content (AvgIpc) is 2.80. The minimum atomic E-state index is -1.45. The molecule has 2 rings (SSSR count). The zero-order valence-corrected chi connectivity index (χ0v) is 10.6. The summed E-state index contributed by atoms with van der Waals surface area (Å²) < 4.78 is 41.7. The summed E-state index contributed by atoms with van der Waals surface area (Å²) in [6.07, 6.45) is 3.77. The zero-order chi connectivity index (χ0) is 14.0. The van der Waals surface area contributed by atoms with Crippen LogP contribution in [0.25, 0.3) is 0 Å². The summed E-state index contributed by atoms with van der Waals surface area (Å²) in [4.78, 5) is 4.13. The minimum absolute atomic E-state index is 0.0874. The molecule has 19 heavy (non-hydrogen) atoms. The number of nitrogens with one attached hydrogen (secondary N) is 1. The van der Waals surface area contributed by atoms with Gasteiger partial charge in [-0.1, -0.05) is 6.07 Å². The summed E-state index contributed by atoms with van der Waals surface area (Å²) in [6, 6.07) is 1.70. The molecule has 3 nitrogen and oxygen atoms in total. The lowest BCUT2D eigenvalue weighted by Gasteiger charge is -2.17. The average molecular weight is 269 g/mol. The van der Waals surface area contributed by atoms with E-state index in [0.717, 1.165) is 11.9 Å². The van der Waals surface area contributed by atoms with Crippen LogP contribution >= 0.6 is 0 Å². The van der Waals surface area contributed by atoms with E-state index >= 15 is 0 Å². The molecule has 1 unspecified atom stereocenters. The molecule has 102 valence electrons. The SMILES string of the molecule is CNC(Cc1nccn1C)c1ccc(F)c(F)c1F. The third-order valence-electron chi connectivity index (χ3n) is 3.10. The fourth-order valence-electron chi connectivity index (χ4n) is 1.95. The Hall–Kier alpha value is -1.82. The maximum Gasteiger partial charge on any atom is 0.194 e. The summed E-state index contributed by atoms with van der Waals surface area (Å²) in [7, 11) is 3.45. The van der Waals surface area contributed by atoms with Crippen molar-refractivity contribution in [1.82, 2.24) is 14.9 Å². The monoisotopic (exact) mass is 269 g/mol. The van der Waals surface area contributed by atoms with Gasteiger partial charge in [0.15, 0.2) is 17.5 Å². The van der Waals surface area contributed by atoms with Gasteiger partial charge >= 0.3 is 0 Å². The maximum absolute atomic E-state index is 13.7. The van der Waals surface area contributed by atoms with Gasteiger partial charge in [-0.15, -0.1) is 0 Å². The first-order valence-electron chi connectivity index (χ1n) is 5.81. The lowest BCUT2D eigenvalue weighted by molar-refractivity contribution is 0.426. The first kappa shape index (κ1) is 13.6. The first-order chi connectivity index (χ1) is 9.04. The highest BCUT2D eigenvalue weighted by Gasteiger charge is 2.21. The quantitative estimate of drug-likeness (QED) is 0.863. The number of imidazole rings is 1. The molecular formula is C13H14F3N3. The van der Waals surface area contributed by atoms with E-state index in [1.165, 1.54) is 6.07 Å². The molecule has 0 bridgehead atoms. The largest absolute Gasteiger partial charge is 0.338 e. The molecule has 0 amide bonds. The van der Waals surface area contributed by atoms with Gasteiger partial charge < -0.3 is 9.88 Å². The van der Waals surface area contributed by atoms with E-state index in [9.17, 15) is 13.2 Å². The van der Waals surface area contributed by atoms with E-state index in [-0.39, 0.29) is 5.56 Å². The van der Waals surface area contributed by atoms with Gasteiger partial charge in [0.25, 0.3) is 0 Å². The number of nitrogens with zero attached hydrogens (tertiary/aromatic N) is 2. The zero-order valence-electron chi connectivity index (χ0n) is 10.6. The van der Waals surface area contributed by atoms with E-state index in [1.54, 1.807) is 24.0 Å². The molecule has 0 aliphatic rings. The second-order valence-corrected chi connectivity index (χ2v) is 4.26. The maximum atomic E-state index is 13.7. The standard InChI is InChI=1S/C13H14F3N3/c1-17-10(7-11-18-5-6-19(11)2)8-3-4-9(14)13(16)12(8)15/h3-6,10,17H,7H2,1-2H3. The third kappa shape index (κ3) is 2.63. The highest BCUT2D eigenvalue weighted by Crippen LogP contribution is 2.23. The van der Waals surface area contributed by atoms with Crippen LogP contribution in [0.2, 0.25) is 0 Å². The number of hydrogen-bond acceptors (Lipinski definition) is 2. The van der Waals surface area contributed by atoms with Gasteiger partial charge in [-0.2, -0.15) is 0 Å². The molecule has 1 heterocycles. The van der Waals surface area contributed by atoms with Crippen molar-refractivity contribution in [2.24, 2.45) is 7.05 Å². The van der Waals surface area contributed by atoms with Crippen LogP contribution in [0.4, 0.5) is 13.2 Å². The van der Waals surface area contributed by atoms with Crippen LogP contribution in [-0.2, 0) is 13.5 Å². The van der Waals surface area contributed by atoms with Crippen LogP contribution < -0.4 is 5.32 Å². The summed E-state index contributed by atoms with van der Waals surface area (Å²) in [6.45, 7) is 0.